The third-order valence-electron chi connectivity index (χ3n) is 1.55. The zero-order valence-corrected chi connectivity index (χ0v) is 7.96. The molecule has 0 unspecified atom stereocenters. The molecule has 0 spiro atoms. The van der Waals surface area contributed by atoms with E-state index in [0.29, 0.717) is 0 Å². The Balaban J connectivity index is 0.000001000. The van der Waals surface area contributed by atoms with E-state index in [4.69, 9.17) is 0 Å². The first-order valence-corrected chi connectivity index (χ1v) is 3.87. The topological polar surface area (TPSA) is 3.88 Å². The van der Waals surface area contributed by atoms with Crippen LogP contribution in [0.25, 0.3) is 0 Å². The van der Waals surface area contributed by atoms with E-state index in [9.17, 15) is 0 Å². The zero-order valence-electron chi connectivity index (χ0n) is 6.96. The molecule has 62 valence electrons. The van der Waals surface area contributed by atoms with Gasteiger partial charge in [0.05, 0.1) is 0 Å². The number of nitrogens with zero attached hydrogens (tertiary/aromatic N) is 1. The van der Waals surface area contributed by atoms with Gasteiger partial charge in [0.1, 0.15) is 6.54 Å². The Kier molecular flexibility index (Phi) is 5.94. The first-order chi connectivity index (χ1) is 4.93. The number of pyridine rings is 1. The van der Waals surface area contributed by atoms with Crippen LogP contribution in [0.5, 0.6) is 0 Å². The number of hydrogen-bond acceptors (Lipinski definition) is 0. The van der Waals surface area contributed by atoms with E-state index in [0.717, 1.165) is 6.54 Å². The minimum absolute atomic E-state index is 0. The van der Waals surface area contributed by atoms with Crippen LogP contribution in [0.1, 0.15) is 19.8 Å². The third-order valence-corrected chi connectivity index (χ3v) is 1.55. The molecule has 1 aromatic heterocycles. The van der Waals surface area contributed by atoms with E-state index in [1.807, 2.05) is 6.07 Å². The highest BCUT2D eigenvalue weighted by Gasteiger charge is 1.93. The van der Waals surface area contributed by atoms with Crippen LogP contribution in [-0.4, -0.2) is 0 Å². The monoisotopic (exact) mass is 170 g/mol. The summed E-state index contributed by atoms with van der Waals surface area (Å²) in [5.74, 6) is 0. The average Bonchev–Trinajstić information content (AvgIpc) is 2.03. The summed E-state index contributed by atoms with van der Waals surface area (Å²) in [5.41, 5.74) is 0. The van der Waals surface area contributed by atoms with Crippen LogP contribution in [0.4, 0.5) is 0 Å². The van der Waals surface area contributed by atoms with Gasteiger partial charge in [0, 0.05) is 18.6 Å². The van der Waals surface area contributed by atoms with Crippen LogP contribution in [0, 0.1) is 0 Å². The van der Waals surface area contributed by atoms with Gasteiger partial charge < -0.3 is 0 Å². The number of hydrogen-bond donors (Lipinski definition) is 0. The average molecular weight is 170 g/mol. The second-order valence-electron chi connectivity index (χ2n) is 2.47. The lowest BCUT2D eigenvalue weighted by Crippen LogP contribution is -2.31. The molecule has 0 bridgehead atoms. The largest absolute Gasteiger partial charge is 0.205 e. The Hall–Kier alpha value is -0.500. The summed E-state index contributed by atoms with van der Waals surface area (Å²) in [7, 11) is 0. The fourth-order valence-electron chi connectivity index (χ4n) is 0.924. The lowest BCUT2D eigenvalue weighted by atomic mass is 10.3. The fraction of sp³-hybridized carbons (Fsp3) is 0.444. The van der Waals surface area contributed by atoms with Gasteiger partial charge in [0.15, 0.2) is 12.4 Å². The normalized spacial score (nSPS) is 8.82. The van der Waals surface area contributed by atoms with Crippen LogP contribution in [-0.2, 0) is 6.54 Å². The highest BCUT2D eigenvalue weighted by molar-refractivity contribution is 7.59. The standard InChI is InChI=1S/C9H14N.H2S/c1-2-3-7-10-8-5-4-6-9-10;/h4-6,8-9H,2-3,7H2,1H3;1H2/q+1;. The van der Waals surface area contributed by atoms with Gasteiger partial charge in [-0.15, -0.1) is 0 Å². The Bertz CT molecular complexity index is 174. The first-order valence-electron chi connectivity index (χ1n) is 3.87. The molecule has 0 aliphatic heterocycles. The molecule has 1 nitrogen and oxygen atoms in total. The van der Waals surface area contributed by atoms with Crippen LogP contribution >= 0.6 is 13.5 Å². The summed E-state index contributed by atoms with van der Waals surface area (Å²) in [6, 6.07) is 6.17. The molecule has 0 fully saturated rings. The second kappa shape index (κ2) is 6.23. The van der Waals surface area contributed by atoms with Gasteiger partial charge in [-0.05, 0) is 0 Å². The molecule has 0 aliphatic carbocycles. The Morgan fingerprint density at radius 3 is 2.27 bits per heavy atom. The van der Waals surface area contributed by atoms with E-state index in [-0.39, 0.29) is 13.5 Å². The SMILES string of the molecule is CCCC[n+]1ccccc1.S. The summed E-state index contributed by atoms with van der Waals surface area (Å²) in [5, 5.41) is 0. The van der Waals surface area contributed by atoms with Crippen molar-refractivity contribution in [2.24, 2.45) is 0 Å². The first kappa shape index (κ1) is 10.5. The molecule has 0 radical (unpaired) electrons. The number of aryl methyl sites for hydroxylation is 1. The van der Waals surface area contributed by atoms with Crippen molar-refractivity contribution in [3.63, 3.8) is 0 Å². The van der Waals surface area contributed by atoms with Crippen molar-refractivity contribution in [2.75, 3.05) is 0 Å². The fourth-order valence-corrected chi connectivity index (χ4v) is 0.924. The summed E-state index contributed by atoms with van der Waals surface area (Å²) in [6.45, 7) is 3.36. The molecular formula is C9H16NS+. The lowest BCUT2D eigenvalue weighted by molar-refractivity contribution is -0.697. The van der Waals surface area contributed by atoms with Crippen LogP contribution < -0.4 is 4.57 Å². The summed E-state index contributed by atoms with van der Waals surface area (Å²) >= 11 is 0. The van der Waals surface area contributed by atoms with E-state index in [1.54, 1.807) is 0 Å². The molecule has 0 saturated carbocycles. The highest BCUT2D eigenvalue weighted by atomic mass is 32.1. The third kappa shape index (κ3) is 4.04. The smallest absolute Gasteiger partial charge is 0.168 e. The van der Waals surface area contributed by atoms with Gasteiger partial charge in [-0.3, -0.25) is 0 Å². The summed E-state index contributed by atoms with van der Waals surface area (Å²) in [4.78, 5) is 0. The predicted octanol–water partition coefficient (Wildman–Crippen LogP) is 1.89. The zero-order chi connectivity index (χ0) is 7.23. The van der Waals surface area contributed by atoms with Gasteiger partial charge >= 0.3 is 0 Å². The Morgan fingerprint density at radius 2 is 1.73 bits per heavy atom. The molecule has 1 heterocycles. The van der Waals surface area contributed by atoms with Crippen molar-refractivity contribution in [1.29, 1.82) is 0 Å². The minimum Gasteiger partial charge on any atom is -0.205 e. The van der Waals surface area contributed by atoms with E-state index in [1.165, 1.54) is 12.8 Å². The molecule has 0 N–H and O–H groups in total. The number of unbranched alkanes of at least 4 members (excludes halogenated alkanes) is 1. The Morgan fingerprint density at radius 1 is 1.09 bits per heavy atom. The lowest BCUT2D eigenvalue weighted by Gasteiger charge is -1.91. The van der Waals surface area contributed by atoms with Gasteiger partial charge in [-0.1, -0.05) is 19.4 Å². The molecule has 1 aromatic rings. The van der Waals surface area contributed by atoms with Crippen molar-refractivity contribution in [3.05, 3.63) is 30.6 Å². The maximum absolute atomic E-state index is 2.21. The van der Waals surface area contributed by atoms with Crippen LogP contribution in [0.15, 0.2) is 30.6 Å². The van der Waals surface area contributed by atoms with Crippen molar-refractivity contribution >= 4 is 13.5 Å². The maximum atomic E-state index is 2.21. The molecule has 11 heavy (non-hydrogen) atoms. The molecule has 0 saturated heterocycles. The molecule has 0 amide bonds. The number of aromatic nitrogens is 1. The van der Waals surface area contributed by atoms with Gasteiger partial charge in [-0.2, -0.15) is 13.5 Å². The van der Waals surface area contributed by atoms with Crippen molar-refractivity contribution in [2.45, 2.75) is 26.3 Å². The molecule has 2 heteroatoms. The van der Waals surface area contributed by atoms with Gasteiger partial charge in [0.2, 0.25) is 0 Å². The van der Waals surface area contributed by atoms with Crippen molar-refractivity contribution < 1.29 is 4.57 Å². The van der Waals surface area contributed by atoms with Crippen LogP contribution in [0.3, 0.4) is 0 Å². The predicted molar refractivity (Wildman–Crippen MR) is 51.9 cm³/mol. The number of rotatable bonds is 3. The van der Waals surface area contributed by atoms with Gasteiger partial charge in [0.25, 0.3) is 0 Å². The molecular weight excluding hydrogens is 154 g/mol. The van der Waals surface area contributed by atoms with E-state index >= 15 is 0 Å². The van der Waals surface area contributed by atoms with Crippen LogP contribution in [0.2, 0.25) is 0 Å². The summed E-state index contributed by atoms with van der Waals surface area (Å²) < 4.78 is 2.21. The molecule has 0 aromatic carbocycles. The minimum atomic E-state index is 0. The molecule has 0 atom stereocenters. The molecule has 1 rings (SSSR count). The van der Waals surface area contributed by atoms with Crippen molar-refractivity contribution in [1.82, 2.24) is 0 Å². The maximum Gasteiger partial charge on any atom is 0.168 e. The van der Waals surface area contributed by atoms with E-state index < -0.39 is 0 Å². The van der Waals surface area contributed by atoms with Crippen molar-refractivity contribution in [3.8, 4) is 0 Å². The van der Waals surface area contributed by atoms with Gasteiger partial charge in [-0.25, -0.2) is 4.57 Å². The molecule has 0 aliphatic rings. The summed E-state index contributed by atoms with van der Waals surface area (Å²) in [6.07, 6.45) is 6.75. The van der Waals surface area contributed by atoms with E-state index in [2.05, 4.69) is 36.0 Å². The Labute approximate surface area is 75.5 Å². The highest BCUT2D eigenvalue weighted by Crippen LogP contribution is 1.85. The second-order valence-corrected chi connectivity index (χ2v) is 2.47. The quantitative estimate of drug-likeness (QED) is 0.610.